The summed E-state index contributed by atoms with van der Waals surface area (Å²) in [5, 5.41) is 0. The number of hydrogen-bond acceptors (Lipinski definition) is 2. The van der Waals surface area contributed by atoms with Gasteiger partial charge in [-0.25, -0.2) is 4.39 Å². The predicted octanol–water partition coefficient (Wildman–Crippen LogP) is 2.62. The van der Waals surface area contributed by atoms with Crippen LogP contribution in [0, 0.1) is 5.82 Å². The second kappa shape index (κ2) is 5.63. The minimum Gasteiger partial charge on any atom is -0.337 e. The highest BCUT2D eigenvalue weighted by Crippen LogP contribution is 2.32. The average molecular weight is 304 g/mol. The Labute approximate surface area is 120 Å². The fourth-order valence-corrected chi connectivity index (χ4v) is 2.41. The average Bonchev–Trinajstić information content (AvgIpc) is 2.86. The maximum Gasteiger partial charge on any atom is 0.419 e. The first-order valence-corrected chi connectivity index (χ1v) is 6.52. The van der Waals surface area contributed by atoms with E-state index >= 15 is 0 Å². The molecule has 1 aliphatic rings. The van der Waals surface area contributed by atoms with Gasteiger partial charge in [-0.2, -0.15) is 13.2 Å². The van der Waals surface area contributed by atoms with Gasteiger partial charge in [0.25, 0.3) is 5.91 Å². The summed E-state index contributed by atoms with van der Waals surface area (Å²) >= 11 is 0. The Morgan fingerprint density at radius 2 is 2.00 bits per heavy atom. The van der Waals surface area contributed by atoms with Crippen LogP contribution < -0.4 is 0 Å². The van der Waals surface area contributed by atoms with Crippen LogP contribution in [0.4, 0.5) is 17.6 Å². The standard InChI is InChI=1S/C14H16F4N2O/c1-19(2)10-5-6-20(8-10)13(21)9-3-4-12(15)11(7-9)14(16,17)18/h3-4,7,10H,5-6,8H2,1-2H3. The first kappa shape index (κ1) is 15.8. The van der Waals surface area contributed by atoms with Crippen LogP contribution in [0.3, 0.4) is 0 Å². The maximum absolute atomic E-state index is 13.2. The monoisotopic (exact) mass is 304 g/mol. The SMILES string of the molecule is CN(C)C1CCN(C(=O)c2ccc(F)c(C(F)(F)F)c2)C1. The van der Waals surface area contributed by atoms with Crippen molar-refractivity contribution in [2.75, 3.05) is 27.2 Å². The van der Waals surface area contributed by atoms with Gasteiger partial charge >= 0.3 is 6.18 Å². The van der Waals surface area contributed by atoms with Gasteiger partial charge in [-0.15, -0.1) is 0 Å². The summed E-state index contributed by atoms with van der Waals surface area (Å²) in [7, 11) is 3.77. The molecule has 1 unspecified atom stereocenters. The minimum absolute atomic E-state index is 0.136. The van der Waals surface area contributed by atoms with Crippen LogP contribution in [0.2, 0.25) is 0 Å². The molecular formula is C14H16F4N2O. The van der Waals surface area contributed by atoms with Crippen molar-refractivity contribution in [3.05, 3.63) is 35.1 Å². The van der Waals surface area contributed by atoms with Crippen LogP contribution in [0.5, 0.6) is 0 Å². The van der Waals surface area contributed by atoms with Crippen molar-refractivity contribution in [3.8, 4) is 0 Å². The minimum atomic E-state index is -4.81. The van der Waals surface area contributed by atoms with Gasteiger partial charge in [-0.3, -0.25) is 4.79 Å². The van der Waals surface area contributed by atoms with Crippen molar-refractivity contribution in [3.63, 3.8) is 0 Å². The zero-order chi connectivity index (χ0) is 15.8. The lowest BCUT2D eigenvalue weighted by molar-refractivity contribution is -0.140. The fourth-order valence-electron chi connectivity index (χ4n) is 2.41. The molecule has 0 spiro atoms. The van der Waals surface area contributed by atoms with E-state index in [2.05, 4.69) is 0 Å². The summed E-state index contributed by atoms with van der Waals surface area (Å²) < 4.78 is 51.2. The van der Waals surface area contributed by atoms with Crippen molar-refractivity contribution < 1.29 is 22.4 Å². The number of alkyl halides is 3. The van der Waals surface area contributed by atoms with Crippen molar-refractivity contribution >= 4 is 5.91 Å². The molecule has 1 fully saturated rings. The van der Waals surface area contributed by atoms with Crippen LogP contribution in [0.1, 0.15) is 22.3 Å². The third-order valence-electron chi connectivity index (χ3n) is 3.70. The molecule has 7 heteroatoms. The number of halogens is 4. The number of hydrogen-bond donors (Lipinski definition) is 0. The second-order valence-corrected chi connectivity index (χ2v) is 5.35. The Morgan fingerprint density at radius 1 is 1.33 bits per heavy atom. The molecule has 116 valence electrons. The molecule has 0 N–H and O–H groups in total. The summed E-state index contributed by atoms with van der Waals surface area (Å²) in [5.41, 5.74) is -1.54. The molecule has 1 aliphatic heterocycles. The Morgan fingerprint density at radius 3 is 2.52 bits per heavy atom. The van der Waals surface area contributed by atoms with Gasteiger partial charge in [-0.1, -0.05) is 0 Å². The van der Waals surface area contributed by atoms with Crippen LogP contribution in [-0.2, 0) is 6.18 Å². The van der Waals surface area contributed by atoms with E-state index in [9.17, 15) is 22.4 Å². The second-order valence-electron chi connectivity index (χ2n) is 5.35. The van der Waals surface area contributed by atoms with E-state index in [0.29, 0.717) is 25.2 Å². The van der Waals surface area contributed by atoms with Gasteiger partial charge in [0.2, 0.25) is 0 Å². The molecule has 1 aromatic rings. The van der Waals surface area contributed by atoms with Crippen molar-refractivity contribution in [2.45, 2.75) is 18.6 Å². The lowest BCUT2D eigenvalue weighted by Gasteiger charge is -2.20. The van der Waals surface area contributed by atoms with Crippen LogP contribution in [0.25, 0.3) is 0 Å². The largest absolute Gasteiger partial charge is 0.419 e. The van der Waals surface area contributed by atoms with E-state index in [1.807, 2.05) is 19.0 Å². The molecule has 0 saturated carbocycles. The molecule has 1 amide bonds. The van der Waals surface area contributed by atoms with E-state index in [1.165, 1.54) is 4.90 Å². The summed E-state index contributed by atoms with van der Waals surface area (Å²) in [5.74, 6) is -1.86. The fraction of sp³-hybridized carbons (Fsp3) is 0.500. The summed E-state index contributed by atoms with van der Waals surface area (Å²) in [4.78, 5) is 15.7. The van der Waals surface area contributed by atoms with E-state index in [1.54, 1.807) is 0 Å². The highest BCUT2D eigenvalue weighted by Gasteiger charge is 2.35. The third kappa shape index (κ3) is 3.34. The molecule has 0 aromatic heterocycles. The first-order valence-electron chi connectivity index (χ1n) is 6.52. The maximum atomic E-state index is 13.2. The highest BCUT2D eigenvalue weighted by atomic mass is 19.4. The molecule has 1 aromatic carbocycles. The number of rotatable bonds is 2. The molecular weight excluding hydrogens is 288 g/mol. The van der Waals surface area contributed by atoms with Gasteiger partial charge in [-0.05, 0) is 38.7 Å². The van der Waals surface area contributed by atoms with Crippen molar-refractivity contribution in [1.82, 2.24) is 9.80 Å². The van der Waals surface area contributed by atoms with Gasteiger partial charge in [0.05, 0.1) is 5.56 Å². The molecule has 2 rings (SSSR count). The number of amides is 1. The molecule has 21 heavy (non-hydrogen) atoms. The summed E-state index contributed by atoms with van der Waals surface area (Å²) in [6.45, 7) is 0.949. The Kier molecular flexibility index (Phi) is 4.22. The molecule has 0 bridgehead atoms. The molecule has 3 nitrogen and oxygen atoms in total. The zero-order valence-electron chi connectivity index (χ0n) is 11.7. The number of likely N-dealkylation sites (N-methyl/N-ethyl adjacent to an activating group) is 1. The number of likely N-dealkylation sites (tertiary alicyclic amines) is 1. The van der Waals surface area contributed by atoms with E-state index < -0.39 is 23.5 Å². The molecule has 1 saturated heterocycles. The summed E-state index contributed by atoms with van der Waals surface area (Å²) in [6, 6.07) is 2.56. The number of carbonyl (C=O) groups excluding carboxylic acids is 1. The Balaban J connectivity index is 2.21. The predicted molar refractivity (Wildman–Crippen MR) is 69.4 cm³/mol. The topological polar surface area (TPSA) is 23.6 Å². The molecule has 0 radical (unpaired) electrons. The molecule has 1 heterocycles. The van der Waals surface area contributed by atoms with Crippen LogP contribution >= 0.6 is 0 Å². The number of carbonyl (C=O) groups is 1. The van der Waals surface area contributed by atoms with E-state index in [-0.39, 0.29) is 11.6 Å². The first-order chi connectivity index (χ1) is 9.70. The van der Waals surface area contributed by atoms with Crippen molar-refractivity contribution in [2.24, 2.45) is 0 Å². The smallest absolute Gasteiger partial charge is 0.337 e. The quantitative estimate of drug-likeness (QED) is 0.784. The summed E-state index contributed by atoms with van der Waals surface area (Å²) in [6.07, 6.45) is -4.04. The van der Waals surface area contributed by atoms with Gasteiger partial charge in [0.15, 0.2) is 0 Å². The molecule has 1 atom stereocenters. The normalized spacial score (nSPS) is 19.4. The Bertz CT molecular complexity index is 542. The van der Waals surface area contributed by atoms with E-state index in [0.717, 1.165) is 12.5 Å². The highest BCUT2D eigenvalue weighted by molar-refractivity contribution is 5.94. The molecule has 0 aliphatic carbocycles. The third-order valence-corrected chi connectivity index (χ3v) is 3.70. The Hall–Kier alpha value is -1.63. The van der Waals surface area contributed by atoms with E-state index in [4.69, 9.17) is 0 Å². The van der Waals surface area contributed by atoms with Crippen LogP contribution in [0.15, 0.2) is 18.2 Å². The van der Waals surface area contributed by atoms with Crippen LogP contribution in [-0.4, -0.2) is 48.9 Å². The zero-order valence-corrected chi connectivity index (χ0v) is 11.7. The van der Waals surface area contributed by atoms with Gasteiger partial charge < -0.3 is 9.80 Å². The van der Waals surface area contributed by atoms with Gasteiger partial charge in [0, 0.05) is 24.7 Å². The van der Waals surface area contributed by atoms with Crippen molar-refractivity contribution in [1.29, 1.82) is 0 Å². The number of nitrogens with zero attached hydrogens (tertiary/aromatic N) is 2. The lowest BCUT2D eigenvalue weighted by atomic mass is 10.1. The van der Waals surface area contributed by atoms with Gasteiger partial charge in [0.1, 0.15) is 5.82 Å². The number of benzene rings is 1. The lowest BCUT2D eigenvalue weighted by Crippen LogP contribution is -2.34.